The molecule has 0 aliphatic rings. The Labute approximate surface area is 211 Å². The molecule has 2 aromatic carbocycles. The summed E-state index contributed by atoms with van der Waals surface area (Å²) in [7, 11) is 0. The summed E-state index contributed by atoms with van der Waals surface area (Å²) in [5.41, 5.74) is 4.62. The molecule has 0 radical (unpaired) electrons. The highest BCUT2D eigenvalue weighted by atomic mass is 35.5. The van der Waals surface area contributed by atoms with Crippen molar-refractivity contribution < 1.29 is 9.90 Å². The van der Waals surface area contributed by atoms with E-state index in [2.05, 4.69) is 27.4 Å². The second-order valence-electron chi connectivity index (χ2n) is 8.47. The minimum Gasteiger partial charge on any atom is -0.481 e. The lowest BCUT2D eigenvalue weighted by molar-refractivity contribution is -0.142. The molecule has 0 saturated heterocycles. The number of hydrogen-bond donors (Lipinski definition) is 2. The van der Waals surface area contributed by atoms with Gasteiger partial charge in [0.05, 0.1) is 16.1 Å². The van der Waals surface area contributed by atoms with E-state index in [4.69, 9.17) is 11.6 Å². The van der Waals surface area contributed by atoms with Gasteiger partial charge in [-0.1, -0.05) is 54.8 Å². The Morgan fingerprint density at radius 1 is 1.11 bits per heavy atom. The Bertz CT molecular complexity index is 1500. The molecule has 0 saturated carbocycles. The molecule has 2 N–H and O–H groups in total. The molecule has 178 valence electrons. The summed E-state index contributed by atoms with van der Waals surface area (Å²) in [5.74, 6) is -0.559. The van der Waals surface area contributed by atoms with Crippen molar-refractivity contribution in [1.82, 2.24) is 19.6 Å². The van der Waals surface area contributed by atoms with E-state index >= 15 is 0 Å². The fourth-order valence-electron chi connectivity index (χ4n) is 4.06. The number of pyridine rings is 1. The van der Waals surface area contributed by atoms with Crippen LogP contribution < -0.4 is 5.32 Å². The molecule has 0 amide bonds. The molecule has 0 fully saturated rings. The average Bonchev–Trinajstić information content (AvgIpc) is 3.44. The van der Waals surface area contributed by atoms with E-state index in [1.165, 1.54) is 0 Å². The molecule has 35 heavy (non-hydrogen) atoms. The van der Waals surface area contributed by atoms with E-state index in [0.29, 0.717) is 29.3 Å². The van der Waals surface area contributed by atoms with E-state index in [1.54, 1.807) is 11.3 Å². The SMILES string of the molecule is CCCC[C@H](Cc1nnc2cc(-c3ccc(Nc4nc5ccc(Cl)cc5s4)cc3)ccn12)C(=O)O. The quantitative estimate of drug-likeness (QED) is 0.228. The van der Waals surface area contributed by atoms with Gasteiger partial charge in [0.1, 0.15) is 5.82 Å². The number of rotatable bonds is 9. The maximum Gasteiger partial charge on any atom is 0.306 e. The van der Waals surface area contributed by atoms with Crippen molar-refractivity contribution in [2.75, 3.05) is 5.32 Å². The highest BCUT2D eigenvalue weighted by Crippen LogP contribution is 2.31. The third kappa shape index (κ3) is 5.13. The molecule has 3 aromatic heterocycles. The molecule has 7 nitrogen and oxygen atoms in total. The van der Waals surface area contributed by atoms with Crippen LogP contribution in [-0.2, 0) is 11.2 Å². The Hall–Kier alpha value is -3.49. The fourth-order valence-corrected chi connectivity index (χ4v) is 5.23. The van der Waals surface area contributed by atoms with Crippen LogP contribution in [0, 0.1) is 5.92 Å². The summed E-state index contributed by atoms with van der Waals surface area (Å²) in [4.78, 5) is 16.2. The number of carboxylic acid groups (broad SMARTS) is 1. The molecule has 0 aliphatic heterocycles. The molecule has 0 aliphatic carbocycles. The number of carboxylic acids is 1. The number of halogens is 1. The van der Waals surface area contributed by atoms with Crippen LogP contribution >= 0.6 is 22.9 Å². The monoisotopic (exact) mass is 505 g/mol. The first-order valence-corrected chi connectivity index (χ1v) is 12.7. The summed E-state index contributed by atoms with van der Waals surface area (Å²) in [6.07, 6.45) is 4.78. The molecule has 0 unspecified atom stereocenters. The number of aliphatic carboxylic acids is 1. The van der Waals surface area contributed by atoms with Crippen LogP contribution in [0.1, 0.15) is 32.0 Å². The largest absolute Gasteiger partial charge is 0.481 e. The van der Waals surface area contributed by atoms with Crippen molar-refractivity contribution in [1.29, 1.82) is 0 Å². The number of unbranched alkanes of at least 4 members (excludes halogenated alkanes) is 1. The zero-order valence-corrected chi connectivity index (χ0v) is 20.7. The van der Waals surface area contributed by atoms with Crippen LogP contribution in [-0.4, -0.2) is 30.7 Å². The Morgan fingerprint density at radius 3 is 2.71 bits per heavy atom. The normalized spacial score (nSPS) is 12.3. The van der Waals surface area contributed by atoms with Crippen LogP contribution in [0.25, 0.3) is 27.0 Å². The number of hydrogen-bond acceptors (Lipinski definition) is 6. The minimum atomic E-state index is -0.782. The minimum absolute atomic E-state index is 0.369. The Balaban J connectivity index is 1.32. The number of nitrogens with one attached hydrogen (secondary N) is 1. The third-order valence-corrected chi connectivity index (χ3v) is 7.15. The van der Waals surface area contributed by atoms with Gasteiger partial charge in [0.2, 0.25) is 0 Å². The molecule has 0 bridgehead atoms. The standard InChI is InChI=1S/C26H24ClN5O2S/c1-2-3-4-18(25(33)34)14-24-31-30-23-13-17(11-12-32(23)24)16-5-8-20(9-6-16)28-26-29-21-10-7-19(27)15-22(21)35-26/h5-13,15,18H,2-4,14H2,1H3,(H,28,29)(H,33,34)/t18-/m1/s1. The summed E-state index contributed by atoms with van der Waals surface area (Å²) in [6, 6.07) is 17.8. The first-order valence-electron chi connectivity index (χ1n) is 11.5. The first-order chi connectivity index (χ1) is 17.0. The van der Waals surface area contributed by atoms with Crippen LogP contribution in [0.2, 0.25) is 5.02 Å². The van der Waals surface area contributed by atoms with Gasteiger partial charge in [-0.25, -0.2) is 4.98 Å². The molecule has 1 atom stereocenters. The average molecular weight is 506 g/mol. The molecule has 9 heteroatoms. The van der Waals surface area contributed by atoms with Gasteiger partial charge >= 0.3 is 5.97 Å². The lowest BCUT2D eigenvalue weighted by Crippen LogP contribution is -2.18. The molecular weight excluding hydrogens is 482 g/mol. The number of aromatic nitrogens is 4. The molecule has 0 spiro atoms. The second-order valence-corrected chi connectivity index (χ2v) is 9.94. The predicted octanol–water partition coefficient (Wildman–Crippen LogP) is 6.84. The van der Waals surface area contributed by atoms with E-state index < -0.39 is 11.9 Å². The lowest BCUT2D eigenvalue weighted by atomic mass is 9.98. The van der Waals surface area contributed by atoms with E-state index in [-0.39, 0.29) is 0 Å². The van der Waals surface area contributed by atoms with Crippen molar-refractivity contribution in [2.45, 2.75) is 32.6 Å². The lowest BCUT2D eigenvalue weighted by Gasteiger charge is -2.10. The van der Waals surface area contributed by atoms with Crippen molar-refractivity contribution in [3.63, 3.8) is 0 Å². The number of fused-ring (bicyclic) bond motifs is 2. The van der Waals surface area contributed by atoms with Crippen LogP contribution in [0.3, 0.4) is 0 Å². The van der Waals surface area contributed by atoms with Crippen molar-refractivity contribution >= 4 is 55.6 Å². The number of benzene rings is 2. The number of anilines is 2. The summed E-state index contributed by atoms with van der Waals surface area (Å²) in [5, 5.41) is 23.0. The van der Waals surface area contributed by atoms with Gasteiger partial charge in [-0.3, -0.25) is 9.20 Å². The zero-order valence-electron chi connectivity index (χ0n) is 19.1. The second kappa shape index (κ2) is 10.0. The summed E-state index contributed by atoms with van der Waals surface area (Å²) >= 11 is 7.64. The van der Waals surface area contributed by atoms with Gasteiger partial charge in [0.25, 0.3) is 0 Å². The first kappa shape index (κ1) is 23.3. The maximum absolute atomic E-state index is 11.6. The highest BCUT2D eigenvalue weighted by Gasteiger charge is 2.20. The van der Waals surface area contributed by atoms with E-state index in [1.807, 2.05) is 65.2 Å². The number of thiazole rings is 1. The maximum atomic E-state index is 11.6. The van der Waals surface area contributed by atoms with E-state index in [0.717, 1.165) is 45.0 Å². The predicted molar refractivity (Wildman–Crippen MR) is 141 cm³/mol. The highest BCUT2D eigenvalue weighted by molar-refractivity contribution is 7.22. The van der Waals surface area contributed by atoms with Crippen LogP contribution in [0.4, 0.5) is 10.8 Å². The smallest absolute Gasteiger partial charge is 0.306 e. The zero-order chi connectivity index (χ0) is 24.4. The molecule has 3 heterocycles. The van der Waals surface area contributed by atoms with Gasteiger partial charge < -0.3 is 10.4 Å². The molecule has 5 rings (SSSR count). The third-order valence-electron chi connectivity index (χ3n) is 5.98. The topological polar surface area (TPSA) is 92.4 Å². The number of nitrogens with zero attached hydrogens (tertiary/aromatic N) is 4. The van der Waals surface area contributed by atoms with Gasteiger partial charge in [-0.2, -0.15) is 0 Å². The van der Waals surface area contributed by atoms with Crippen molar-refractivity contribution in [3.05, 3.63) is 71.6 Å². The van der Waals surface area contributed by atoms with Crippen LogP contribution in [0.15, 0.2) is 60.8 Å². The molecule has 5 aromatic rings. The van der Waals surface area contributed by atoms with Crippen molar-refractivity contribution in [2.24, 2.45) is 5.92 Å². The van der Waals surface area contributed by atoms with Crippen molar-refractivity contribution in [3.8, 4) is 11.1 Å². The van der Waals surface area contributed by atoms with Gasteiger partial charge in [0.15, 0.2) is 10.8 Å². The van der Waals surface area contributed by atoms with Crippen LogP contribution in [0.5, 0.6) is 0 Å². The Kier molecular flexibility index (Phi) is 6.66. The van der Waals surface area contributed by atoms with E-state index in [9.17, 15) is 9.90 Å². The fraction of sp³-hybridized carbons (Fsp3) is 0.231. The Morgan fingerprint density at radius 2 is 1.94 bits per heavy atom. The van der Waals surface area contributed by atoms with Gasteiger partial charge in [-0.15, -0.1) is 10.2 Å². The van der Waals surface area contributed by atoms with Gasteiger partial charge in [-0.05, 0) is 60.0 Å². The number of carbonyl (C=O) groups is 1. The summed E-state index contributed by atoms with van der Waals surface area (Å²) < 4.78 is 2.92. The van der Waals surface area contributed by atoms with Gasteiger partial charge in [0, 0.05) is 23.3 Å². The summed E-state index contributed by atoms with van der Waals surface area (Å²) in [6.45, 7) is 2.06. The molecular formula is C26H24ClN5O2S.